The zero-order valence-corrected chi connectivity index (χ0v) is 16.5. The highest BCUT2D eigenvalue weighted by atomic mass is 16.5. The maximum absolute atomic E-state index is 11.9. The Balaban J connectivity index is 1.59. The number of carbonyl (C=O) groups excluding carboxylic acids is 2. The Morgan fingerprint density at radius 3 is 2.64 bits per heavy atom. The third-order valence-corrected chi connectivity index (χ3v) is 4.85. The molecule has 3 rings (SSSR count). The van der Waals surface area contributed by atoms with Gasteiger partial charge in [0.05, 0.1) is 12.3 Å². The van der Waals surface area contributed by atoms with Crippen molar-refractivity contribution >= 4 is 18.0 Å². The van der Waals surface area contributed by atoms with E-state index in [1.807, 2.05) is 19.9 Å². The number of hydrazone groups is 1. The van der Waals surface area contributed by atoms with E-state index in [2.05, 4.69) is 51.6 Å². The number of nitrogens with one attached hydrogen (secondary N) is 2. The van der Waals surface area contributed by atoms with Crippen LogP contribution in [0.4, 0.5) is 0 Å². The third-order valence-electron chi connectivity index (χ3n) is 4.85. The third kappa shape index (κ3) is 4.67. The van der Waals surface area contributed by atoms with E-state index in [4.69, 9.17) is 4.74 Å². The molecule has 2 heterocycles. The van der Waals surface area contributed by atoms with Crippen molar-refractivity contribution in [1.82, 2.24) is 15.3 Å². The minimum absolute atomic E-state index is 0.00702. The molecule has 0 aliphatic carbocycles. The minimum Gasteiger partial charge on any atom is -0.376 e. The van der Waals surface area contributed by atoms with Crippen LogP contribution in [0.1, 0.15) is 35.4 Å². The molecule has 0 saturated carbocycles. The molecule has 0 bridgehead atoms. The second-order valence-electron chi connectivity index (χ2n) is 7.04. The van der Waals surface area contributed by atoms with Gasteiger partial charge in [-0.1, -0.05) is 17.7 Å². The lowest BCUT2D eigenvalue weighted by Crippen LogP contribution is -2.41. The van der Waals surface area contributed by atoms with Crippen LogP contribution in [0.15, 0.2) is 35.4 Å². The van der Waals surface area contributed by atoms with E-state index in [0.29, 0.717) is 13.2 Å². The van der Waals surface area contributed by atoms with Gasteiger partial charge in [-0.15, -0.1) is 0 Å². The molecule has 0 unspecified atom stereocenters. The first kappa shape index (κ1) is 19.8. The molecule has 0 spiro atoms. The summed E-state index contributed by atoms with van der Waals surface area (Å²) in [5.74, 6) is -1.50. The smallest absolute Gasteiger partial charge is 0.329 e. The van der Waals surface area contributed by atoms with Crippen LogP contribution in [-0.4, -0.2) is 41.9 Å². The first-order chi connectivity index (χ1) is 13.5. The summed E-state index contributed by atoms with van der Waals surface area (Å²) in [4.78, 5) is 23.7. The molecule has 2 N–H and O–H groups in total. The van der Waals surface area contributed by atoms with Gasteiger partial charge >= 0.3 is 11.8 Å². The standard InChI is InChI=1S/C21H26N4O3/c1-14-6-8-18(9-7-14)25-15(2)11-17(16(25)3)12-23-24-21(27)20(26)22-13-19-5-4-10-28-19/h6-9,11-12,19H,4-5,10,13H2,1-3H3,(H,22,26)(H,24,27)/b23-12-/t19-/m0/s1. The summed E-state index contributed by atoms with van der Waals surface area (Å²) in [5.41, 5.74) is 7.48. The SMILES string of the molecule is Cc1ccc(-n2c(C)cc(/C=N\NC(=O)C(=O)NC[C@@H]3CCCO3)c2C)cc1. The van der Waals surface area contributed by atoms with Crippen LogP contribution in [0.5, 0.6) is 0 Å². The molecule has 1 fully saturated rings. The van der Waals surface area contributed by atoms with Crippen LogP contribution in [0.25, 0.3) is 5.69 Å². The van der Waals surface area contributed by atoms with Crippen molar-refractivity contribution in [2.75, 3.05) is 13.2 Å². The molecule has 7 nitrogen and oxygen atoms in total. The van der Waals surface area contributed by atoms with Gasteiger partial charge in [0, 0.05) is 35.8 Å². The predicted octanol–water partition coefficient (Wildman–Crippen LogP) is 2.15. The summed E-state index contributed by atoms with van der Waals surface area (Å²) < 4.78 is 7.54. The molecule has 1 atom stereocenters. The van der Waals surface area contributed by atoms with Gasteiger partial charge in [-0.25, -0.2) is 5.43 Å². The van der Waals surface area contributed by atoms with Crippen molar-refractivity contribution in [3.63, 3.8) is 0 Å². The predicted molar refractivity (Wildman–Crippen MR) is 108 cm³/mol. The summed E-state index contributed by atoms with van der Waals surface area (Å²) in [6.07, 6.45) is 3.43. The number of ether oxygens (including phenoxy) is 1. The molecule has 1 aromatic heterocycles. The highest BCUT2D eigenvalue weighted by Crippen LogP contribution is 2.20. The van der Waals surface area contributed by atoms with Gasteiger partial charge in [0.1, 0.15) is 0 Å². The summed E-state index contributed by atoms with van der Waals surface area (Å²) in [6.45, 7) is 7.11. The molecule has 2 amide bonds. The van der Waals surface area contributed by atoms with Crippen LogP contribution < -0.4 is 10.7 Å². The number of hydrogen-bond donors (Lipinski definition) is 2. The Labute approximate surface area is 164 Å². The van der Waals surface area contributed by atoms with Gasteiger partial charge in [-0.2, -0.15) is 5.10 Å². The summed E-state index contributed by atoms with van der Waals surface area (Å²) in [5, 5.41) is 6.51. The average Bonchev–Trinajstić information content (AvgIpc) is 3.29. The second-order valence-corrected chi connectivity index (χ2v) is 7.04. The Morgan fingerprint density at radius 2 is 1.96 bits per heavy atom. The van der Waals surface area contributed by atoms with Crippen molar-refractivity contribution in [3.05, 3.63) is 52.8 Å². The van der Waals surface area contributed by atoms with Gasteiger partial charge in [0.2, 0.25) is 0 Å². The number of aryl methyl sites for hydroxylation is 2. The fourth-order valence-corrected chi connectivity index (χ4v) is 3.31. The lowest BCUT2D eigenvalue weighted by Gasteiger charge is -2.10. The van der Waals surface area contributed by atoms with E-state index in [1.165, 1.54) is 5.56 Å². The monoisotopic (exact) mass is 382 g/mol. The van der Waals surface area contributed by atoms with Crippen molar-refractivity contribution < 1.29 is 14.3 Å². The Kier molecular flexibility index (Phi) is 6.26. The van der Waals surface area contributed by atoms with Gasteiger partial charge < -0.3 is 14.6 Å². The quantitative estimate of drug-likeness (QED) is 0.472. The zero-order valence-electron chi connectivity index (χ0n) is 16.5. The summed E-state index contributed by atoms with van der Waals surface area (Å²) >= 11 is 0. The van der Waals surface area contributed by atoms with Crippen molar-refractivity contribution in [3.8, 4) is 5.69 Å². The average molecular weight is 382 g/mol. The number of benzene rings is 1. The highest BCUT2D eigenvalue weighted by Gasteiger charge is 2.19. The van der Waals surface area contributed by atoms with E-state index in [-0.39, 0.29) is 6.10 Å². The van der Waals surface area contributed by atoms with Crippen LogP contribution in [0.3, 0.4) is 0 Å². The first-order valence-electron chi connectivity index (χ1n) is 9.44. The second kappa shape index (κ2) is 8.84. The van der Waals surface area contributed by atoms with Gasteiger partial charge in [-0.05, 0) is 51.8 Å². The molecule has 1 aromatic carbocycles. The lowest BCUT2D eigenvalue weighted by atomic mass is 10.2. The van der Waals surface area contributed by atoms with E-state index < -0.39 is 11.8 Å². The van der Waals surface area contributed by atoms with Crippen molar-refractivity contribution in [1.29, 1.82) is 0 Å². The highest BCUT2D eigenvalue weighted by molar-refractivity contribution is 6.35. The molecule has 7 heteroatoms. The van der Waals surface area contributed by atoms with E-state index in [9.17, 15) is 9.59 Å². The van der Waals surface area contributed by atoms with E-state index in [0.717, 1.165) is 35.5 Å². The molecule has 1 aliphatic heterocycles. The summed E-state index contributed by atoms with van der Waals surface area (Å²) in [7, 11) is 0. The van der Waals surface area contributed by atoms with Crippen molar-refractivity contribution in [2.45, 2.75) is 39.7 Å². The fraction of sp³-hybridized carbons (Fsp3) is 0.381. The number of amides is 2. The maximum Gasteiger partial charge on any atom is 0.329 e. The molecule has 148 valence electrons. The van der Waals surface area contributed by atoms with Crippen molar-refractivity contribution in [2.24, 2.45) is 5.10 Å². The molecule has 28 heavy (non-hydrogen) atoms. The molecular formula is C21H26N4O3. The largest absolute Gasteiger partial charge is 0.376 e. The molecule has 2 aromatic rings. The van der Waals surface area contributed by atoms with Gasteiger partial charge in [0.25, 0.3) is 0 Å². The zero-order chi connectivity index (χ0) is 20.1. The first-order valence-corrected chi connectivity index (χ1v) is 9.44. The van der Waals surface area contributed by atoms with Gasteiger partial charge in [-0.3, -0.25) is 9.59 Å². The number of carbonyl (C=O) groups is 2. The molecule has 1 aliphatic rings. The van der Waals surface area contributed by atoms with E-state index >= 15 is 0 Å². The Bertz CT molecular complexity index is 878. The van der Waals surface area contributed by atoms with Crippen LogP contribution in [-0.2, 0) is 14.3 Å². The lowest BCUT2D eigenvalue weighted by molar-refractivity contribution is -0.139. The maximum atomic E-state index is 11.9. The molecule has 0 radical (unpaired) electrons. The van der Waals surface area contributed by atoms with Crippen LogP contribution >= 0.6 is 0 Å². The number of aromatic nitrogens is 1. The molecule has 1 saturated heterocycles. The topological polar surface area (TPSA) is 84.7 Å². The van der Waals surface area contributed by atoms with E-state index in [1.54, 1.807) is 6.21 Å². The summed E-state index contributed by atoms with van der Waals surface area (Å²) in [6, 6.07) is 10.3. The number of nitrogens with zero attached hydrogens (tertiary/aromatic N) is 2. The molecular weight excluding hydrogens is 356 g/mol. The van der Waals surface area contributed by atoms with Gasteiger partial charge in [0.15, 0.2) is 0 Å². The Hall–Kier alpha value is -2.93. The minimum atomic E-state index is -0.790. The van der Waals surface area contributed by atoms with Crippen LogP contribution in [0.2, 0.25) is 0 Å². The number of hydrogen-bond acceptors (Lipinski definition) is 4. The number of rotatable bonds is 5. The normalized spacial score (nSPS) is 16.5. The van der Waals surface area contributed by atoms with Crippen LogP contribution in [0, 0.1) is 20.8 Å². The fourth-order valence-electron chi connectivity index (χ4n) is 3.31. The Morgan fingerprint density at radius 1 is 1.21 bits per heavy atom.